The van der Waals surface area contributed by atoms with Crippen molar-refractivity contribution in [1.82, 2.24) is 9.80 Å². The monoisotopic (exact) mass is 390 g/mol. The molecule has 6 nitrogen and oxygen atoms in total. The highest BCUT2D eigenvalue weighted by Crippen LogP contribution is 2.28. The zero-order valence-electron chi connectivity index (χ0n) is 14.4. The van der Waals surface area contributed by atoms with Crippen molar-refractivity contribution in [2.24, 2.45) is 0 Å². The highest BCUT2D eigenvalue weighted by atomic mass is 19.3. The Morgan fingerprint density at radius 2 is 1.59 bits per heavy atom. The highest BCUT2D eigenvalue weighted by Gasteiger charge is 2.21. The normalized spacial score (nSPS) is 14.9. The summed E-state index contributed by atoms with van der Waals surface area (Å²) in [5, 5.41) is 0. The molecule has 1 aromatic rings. The molecule has 1 aliphatic rings. The molecule has 0 bridgehead atoms. The Bertz CT molecular complexity index is 704. The van der Waals surface area contributed by atoms with Crippen molar-refractivity contribution < 1.29 is 36.6 Å². The van der Waals surface area contributed by atoms with Crippen LogP contribution in [-0.2, 0) is 9.59 Å². The molecule has 1 heterocycles. The van der Waals surface area contributed by atoms with E-state index in [1.807, 2.05) is 0 Å². The average Bonchev–Trinajstić information content (AvgIpc) is 2.60. The first kappa shape index (κ1) is 20.5. The van der Waals surface area contributed by atoms with Crippen LogP contribution in [0.2, 0.25) is 0 Å². The number of piperazine rings is 1. The summed E-state index contributed by atoms with van der Waals surface area (Å²) in [5.41, 5.74) is 0.104. The van der Waals surface area contributed by atoms with Crippen LogP contribution in [0.5, 0.6) is 11.5 Å². The van der Waals surface area contributed by atoms with Crippen LogP contribution in [0, 0.1) is 0 Å². The first-order chi connectivity index (χ1) is 12.8. The van der Waals surface area contributed by atoms with Crippen molar-refractivity contribution in [2.45, 2.75) is 20.1 Å². The predicted molar refractivity (Wildman–Crippen MR) is 87.6 cm³/mol. The zero-order chi connectivity index (χ0) is 20.0. The van der Waals surface area contributed by atoms with Crippen molar-refractivity contribution in [3.05, 3.63) is 29.8 Å². The van der Waals surface area contributed by atoms with Gasteiger partial charge in [-0.1, -0.05) is 0 Å². The van der Waals surface area contributed by atoms with E-state index in [-0.39, 0.29) is 23.1 Å². The third-order valence-corrected chi connectivity index (χ3v) is 3.87. The second-order valence-electron chi connectivity index (χ2n) is 5.62. The molecule has 0 spiro atoms. The van der Waals surface area contributed by atoms with Gasteiger partial charge in [-0.2, -0.15) is 17.6 Å². The minimum atomic E-state index is -3.17. The Balaban J connectivity index is 2.08. The van der Waals surface area contributed by atoms with E-state index in [9.17, 15) is 27.2 Å². The van der Waals surface area contributed by atoms with Gasteiger partial charge in [0.25, 0.3) is 0 Å². The molecule has 0 aliphatic carbocycles. The summed E-state index contributed by atoms with van der Waals surface area (Å²) < 4.78 is 58.1. The number of rotatable bonds is 6. The van der Waals surface area contributed by atoms with Crippen LogP contribution in [-0.4, -0.2) is 61.0 Å². The molecule has 0 N–H and O–H groups in total. The van der Waals surface area contributed by atoms with Gasteiger partial charge in [0.2, 0.25) is 11.8 Å². The van der Waals surface area contributed by atoms with E-state index in [1.54, 1.807) is 4.90 Å². The maximum atomic E-state index is 12.5. The molecule has 1 saturated heterocycles. The van der Waals surface area contributed by atoms with Crippen molar-refractivity contribution in [3.63, 3.8) is 0 Å². The lowest BCUT2D eigenvalue weighted by Crippen LogP contribution is -2.49. The summed E-state index contributed by atoms with van der Waals surface area (Å²) in [4.78, 5) is 26.6. The number of amides is 2. The summed E-state index contributed by atoms with van der Waals surface area (Å²) in [6, 6.07) is 3.28. The first-order valence-corrected chi connectivity index (χ1v) is 8.02. The van der Waals surface area contributed by atoms with Crippen LogP contribution in [0.15, 0.2) is 24.3 Å². The Labute approximate surface area is 152 Å². The van der Waals surface area contributed by atoms with E-state index >= 15 is 0 Å². The van der Waals surface area contributed by atoms with Crippen molar-refractivity contribution in [3.8, 4) is 11.5 Å². The molecule has 2 amide bonds. The van der Waals surface area contributed by atoms with E-state index in [0.29, 0.717) is 26.2 Å². The standard InChI is InChI=1S/C17H18F4N2O4/c1-11(24)22-6-8-23(9-7-22)15(25)5-3-12-2-4-13(26-16(18)19)10-14(12)27-17(20)21/h2-5,10,16-17H,6-9H2,1H3/b5-3+. The Hall–Kier alpha value is -2.78. The second-order valence-corrected chi connectivity index (χ2v) is 5.62. The molecule has 148 valence electrons. The van der Waals surface area contributed by atoms with E-state index in [2.05, 4.69) is 9.47 Å². The molecule has 1 fully saturated rings. The lowest BCUT2D eigenvalue weighted by atomic mass is 10.1. The number of benzene rings is 1. The van der Waals surface area contributed by atoms with Crippen molar-refractivity contribution in [1.29, 1.82) is 0 Å². The summed E-state index contributed by atoms with van der Waals surface area (Å²) in [6.45, 7) is -3.31. The number of nitrogens with zero attached hydrogens (tertiary/aromatic N) is 2. The van der Waals surface area contributed by atoms with Crippen molar-refractivity contribution in [2.75, 3.05) is 26.2 Å². The topological polar surface area (TPSA) is 59.1 Å². The van der Waals surface area contributed by atoms with Crippen LogP contribution in [0.3, 0.4) is 0 Å². The summed E-state index contributed by atoms with van der Waals surface area (Å²) in [6.07, 6.45) is 2.42. The number of carbonyl (C=O) groups is 2. The van der Waals surface area contributed by atoms with Gasteiger partial charge in [-0.05, 0) is 18.2 Å². The van der Waals surface area contributed by atoms with Gasteiger partial charge in [0.15, 0.2) is 0 Å². The predicted octanol–water partition coefficient (Wildman–Crippen LogP) is 2.59. The molecular weight excluding hydrogens is 372 g/mol. The van der Waals surface area contributed by atoms with Crippen molar-refractivity contribution >= 4 is 17.9 Å². The fraction of sp³-hybridized carbons (Fsp3) is 0.412. The number of hydrogen-bond acceptors (Lipinski definition) is 4. The number of hydrogen-bond donors (Lipinski definition) is 0. The fourth-order valence-electron chi connectivity index (χ4n) is 2.53. The van der Waals surface area contributed by atoms with Gasteiger partial charge in [0, 0.05) is 50.8 Å². The molecule has 27 heavy (non-hydrogen) atoms. The van der Waals surface area contributed by atoms with Gasteiger partial charge >= 0.3 is 13.2 Å². The average molecular weight is 390 g/mol. The molecule has 0 aromatic heterocycles. The molecule has 2 rings (SSSR count). The Kier molecular flexibility index (Phi) is 7.03. The summed E-state index contributed by atoms with van der Waals surface area (Å²) >= 11 is 0. The van der Waals surface area contributed by atoms with Gasteiger partial charge in [0.05, 0.1) is 0 Å². The molecule has 0 atom stereocenters. The van der Waals surface area contributed by atoms with Crippen LogP contribution in [0.4, 0.5) is 17.6 Å². The third-order valence-electron chi connectivity index (χ3n) is 3.87. The smallest absolute Gasteiger partial charge is 0.387 e. The van der Waals surface area contributed by atoms with Gasteiger partial charge in [-0.15, -0.1) is 0 Å². The van der Waals surface area contributed by atoms with Crippen LogP contribution >= 0.6 is 0 Å². The SMILES string of the molecule is CC(=O)N1CCN(C(=O)/C=C/c2ccc(OC(F)F)cc2OC(F)F)CC1. The molecule has 0 radical (unpaired) electrons. The van der Waals surface area contributed by atoms with E-state index in [4.69, 9.17) is 0 Å². The largest absolute Gasteiger partial charge is 0.435 e. The number of halogens is 4. The minimum absolute atomic E-state index is 0.0717. The molecule has 10 heteroatoms. The van der Waals surface area contributed by atoms with E-state index in [0.717, 1.165) is 12.1 Å². The first-order valence-electron chi connectivity index (χ1n) is 8.02. The lowest BCUT2D eigenvalue weighted by Gasteiger charge is -2.33. The van der Waals surface area contributed by atoms with Gasteiger partial charge < -0.3 is 19.3 Å². The summed E-state index contributed by atoms with van der Waals surface area (Å²) in [5.74, 6) is -1.18. The minimum Gasteiger partial charge on any atom is -0.435 e. The number of ether oxygens (including phenoxy) is 2. The van der Waals surface area contributed by atoms with Crippen LogP contribution in [0.25, 0.3) is 6.08 Å². The van der Waals surface area contributed by atoms with Gasteiger partial charge in [-0.3, -0.25) is 9.59 Å². The number of carbonyl (C=O) groups excluding carboxylic acids is 2. The summed E-state index contributed by atoms with van der Waals surface area (Å²) in [7, 11) is 0. The van der Waals surface area contributed by atoms with Crippen LogP contribution in [0.1, 0.15) is 12.5 Å². The molecule has 1 aromatic carbocycles. The van der Waals surface area contributed by atoms with Crippen LogP contribution < -0.4 is 9.47 Å². The van der Waals surface area contributed by atoms with E-state index in [1.165, 1.54) is 30.0 Å². The quantitative estimate of drug-likeness (QED) is 0.554. The third kappa shape index (κ3) is 6.15. The highest BCUT2D eigenvalue weighted by molar-refractivity contribution is 5.92. The Morgan fingerprint density at radius 3 is 2.15 bits per heavy atom. The lowest BCUT2D eigenvalue weighted by molar-refractivity contribution is -0.135. The molecule has 1 aliphatic heterocycles. The second kappa shape index (κ2) is 9.24. The van der Waals surface area contributed by atoms with Gasteiger partial charge in [-0.25, -0.2) is 0 Å². The number of alkyl halides is 4. The maximum Gasteiger partial charge on any atom is 0.387 e. The van der Waals surface area contributed by atoms with Gasteiger partial charge in [0.1, 0.15) is 11.5 Å². The molecule has 0 unspecified atom stereocenters. The molecule has 0 saturated carbocycles. The zero-order valence-corrected chi connectivity index (χ0v) is 14.4. The maximum absolute atomic E-state index is 12.5. The fourth-order valence-corrected chi connectivity index (χ4v) is 2.53. The molecular formula is C17H18F4N2O4. The van der Waals surface area contributed by atoms with E-state index < -0.39 is 19.0 Å². The Morgan fingerprint density at radius 1 is 1.00 bits per heavy atom.